The van der Waals surface area contributed by atoms with E-state index in [4.69, 9.17) is 15.2 Å². The fourth-order valence-electron chi connectivity index (χ4n) is 2.13. The van der Waals surface area contributed by atoms with Crippen molar-refractivity contribution in [1.29, 1.82) is 0 Å². The molecule has 4 amide bonds. The van der Waals surface area contributed by atoms with Crippen LogP contribution in [-0.4, -0.2) is 31.1 Å². The minimum atomic E-state index is -0.945. The number of hydrogen-bond donors (Lipinski definition) is 3. The number of carbonyl (C=O) groups is 3. The second kappa shape index (κ2) is 8.52. The van der Waals surface area contributed by atoms with Crippen molar-refractivity contribution in [2.24, 2.45) is 5.73 Å². The molecule has 2 aromatic rings. The number of urea groups is 1. The maximum Gasteiger partial charge on any atom is 0.318 e. The third kappa shape index (κ3) is 4.97. The van der Waals surface area contributed by atoms with Gasteiger partial charge in [-0.15, -0.1) is 0 Å². The number of rotatable bonds is 6. The number of nitrogens with two attached hydrogens (primary N) is 1. The van der Waals surface area contributed by atoms with Crippen molar-refractivity contribution in [3.8, 4) is 11.5 Å². The van der Waals surface area contributed by atoms with Gasteiger partial charge in [0.25, 0.3) is 11.8 Å². The highest BCUT2D eigenvalue weighted by atomic mass is 16.5. The van der Waals surface area contributed by atoms with Crippen molar-refractivity contribution in [1.82, 2.24) is 5.32 Å². The minimum absolute atomic E-state index is 0.315. The van der Waals surface area contributed by atoms with Crippen LogP contribution in [-0.2, 0) is 4.79 Å². The van der Waals surface area contributed by atoms with E-state index in [1.165, 1.54) is 14.0 Å². The first-order valence-electron chi connectivity index (χ1n) is 7.72. The highest BCUT2D eigenvalue weighted by molar-refractivity contribution is 6.06. The van der Waals surface area contributed by atoms with Crippen LogP contribution < -0.4 is 25.8 Å². The molecule has 0 saturated heterocycles. The first-order chi connectivity index (χ1) is 12.4. The normalized spacial score (nSPS) is 11.2. The average Bonchev–Trinajstić information content (AvgIpc) is 2.62. The minimum Gasteiger partial charge on any atom is -0.496 e. The van der Waals surface area contributed by atoms with Gasteiger partial charge in [0.2, 0.25) is 0 Å². The zero-order chi connectivity index (χ0) is 19.1. The Morgan fingerprint density at radius 1 is 1.04 bits per heavy atom. The van der Waals surface area contributed by atoms with E-state index in [0.29, 0.717) is 22.7 Å². The molecule has 0 fully saturated rings. The molecule has 0 aliphatic rings. The predicted octanol–water partition coefficient (Wildman–Crippen LogP) is 1.91. The Hall–Kier alpha value is -3.55. The molecule has 1 atom stereocenters. The van der Waals surface area contributed by atoms with Gasteiger partial charge in [-0.05, 0) is 43.3 Å². The van der Waals surface area contributed by atoms with Crippen LogP contribution >= 0.6 is 0 Å². The number of anilines is 1. The summed E-state index contributed by atoms with van der Waals surface area (Å²) in [6.07, 6.45) is -0.906. The van der Waals surface area contributed by atoms with E-state index in [1.54, 1.807) is 48.5 Å². The van der Waals surface area contributed by atoms with Gasteiger partial charge in [0.05, 0.1) is 12.7 Å². The molecule has 8 heteroatoms. The first kappa shape index (κ1) is 18.8. The third-order valence-corrected chi connectivity index (χ3v) is 3.39. The maximum atomic E-state index is 12.3. The van der Waals surface area contributed by atoms with Crippen LogP contribution in [0.2, 0.25) is 0 Å². The summed E-state index contributed by atoms with van der Waals surface area (Å²) < 4.78 is 10.6. The summed E-state index contributed by atoms with van der Waals surface area (Å²) in [4.78, 5) is 34.6. The first-order valence-corrected chi connectivity index (χ1v) is 7.72. The van der Waals surface area contributed by atoms with Gasteiger partial charge in [-0.3, -0.25) is 14.9 Å². The Kier molecular flexibility index (Phi) is 6.15. The van der Waals surface area contributed by atoms with Crippen LogP contribution in [0.15, 0.2) is 48.5 Å². The Labute approximate surface area is 150 Å². The lowest BCUT2D eigenvalue weighted by molar-refractivity contribution is -0.126. The molecule has 0 spiro atoms. The van der Waals surface area contributed by atoms with Crippen molar-refractivity contribution >= 4 is 23.5 Å². The number of primary amides is 1. The largest absolute Gasteiger partial charge is 0.496 e. The van der Waals surface area contributed by atoms with Crippen molar-refractivity contribution < 1.29 is 23.9 Å². The third-order valence-electron chi connectivity index (χ3n) is 3.39. The number of imide groups is 1. The molecule has 0 aliphatic heterocycles. The molecule has 0 heterocycles. The molecule has 136 valence electrons. The summed E-state index contributed by atoms with van der Waals surface area (Å²) in [6, 6.07) is 12.4. The Bertz CT molecular complexity index is 805. The van der Waals surface area contributed by atoms with E-state index in [2.05, 4.69) is 5.32 Å². The van der Waals surface area contributed by atoms with Crippen molar-refractivity contribution in [2.75, 3.05) is 12.4 Å². The average molecular weight is 357 g/mol. The van der Waals surface area contributed by atoms with Gasteiger partial charge >= 0.3 is 6.03 Å². The Morgan fingerprint density at radius 2 is 1.69 bits per heavy atom. The lowest BCUT2D eigenvalue weighted by atomic mass is 10.2. The van der Waals surface area contributed by atoms with E-state index in [0.717, 1.165) is 0 Å². The summed E-state index contributed by atoms with van der Waals surface area (Å²) in [6.45, 7) is 1.48. The molecule has 0 saturated carbocycles. The molecule has 4 N–H and O–H groups in total. The molecular formula is C18H19N3O5. The number of hydrogen-bond acceptors (Lipinski definition) is 5. The zero-order valence-corrected chi connectivity index (χ0v) is 14.3. The summed E-state index contributed by atoms with van der Waals surface area (Å²) in [5, 5.41) is 4.68. The number of amides is 4. The lowest BCUT2D eigenvalue weighted by Crippen LogP contribution is -2.42. The molecule has 2 rings (SSSR count). The number of nitrogens with one attached hydrogen (secondary N) is 2. The van der Waals surface area contributed by atoms with Crippen LogP contribution in [0.1, 0.15) is 17.3 Å². The van der Waals surface area contributed by atoms with E-state index in [-0.39, 0.29) is 5.91 Å². The van der Waals surface area contributed by atoms with Crippen LogP contribution in [0.4, 0.5) is 10.5 Å². The molecular weight excluding hydrogens is 338 g/mol. The van der Waals surface area contributed by atoms with E-state index < -0.39 is 18.0 Å². The fourth-order valence-corrected chi connectivity index (χ4v) is 2.13. The topological polar surface area (TPSA) is 120 Å². The standard InChI is InChI=1S/C18H19N3O5/c1-11(16(22)21-18(19)24)26-13-9-7-12(8-10-13)20-17(23)14-5-3-4-6-15(14)25-2/h3-11H,1-2H3,(H,20,23)(H3,19,21,22,24). The number of benzene rings is 2. The second-order valence-electron chi connectivity index (χ2n) is 5.29. The van der Waals surface area contributed by atoms with Crippen LogP contribution in [0.3, 0.4) is 0 Å². The maximum absolute atomic E-state index is 12.3. The van der Waals surface area contributed by atoms with Crippen molar-refractivity contribution in [3.05, 3.63) is 54.1 Å². The van der Waals surface area contributed by atoms with Crippen LogP contribution in [0.25, 0.3) is 0 Å². The van der Waals surface area contributed by atoms with E-state index in [9.17, 15) is 14.4 Å². The highest BCUT2D eigenvalue weighted by Crippen LogP contribution is 2.21. The molecule has 0 bridgehead atoms. The predicted molar refractivity (Wildman–Crippen MR) is 95.2 cm³/mol. The van der Waals surface area contributed by atoms with Gasteiger partial charge in [0.15, 0.2) is 6.10 Å². The molecule has 0 aliphatic carbocycles. The Morgan fingerprint density at radius 3 is 2.31 bits per heavy atom. The van der Waals surface area contributed by atoms with Gasteiger partial charge in [-0.25, -0.2) is 4.79 Å². The van der Waals surface area contributed by atoms with Crippen molar-refractivity contribution in [3.63, 3.8) is 0 Å². The number of para-hydroxylation sites is 1. The summed E-state index contributed by atoms with van der Waals surface area (Å²) >= 11 is 0. The van der Waals surface area contributed by atoms with Gasteiger partial charge < -0.3 is 20.5 Å². The van der Waals surface area contributed by atoms with Gasteiger partial charge in [0.1, 0.15) is 11.5 Å². The smallest absolute Gasteiger partial charge is 0.318 e. The van der Waals surface area contributed by atoms with E-state index in [1.807, 2.05) is 5.32 Å². The fraction of sp³-hybridized carbons (Fsp3) is 0.167. The molecule has 0 aromatic heterocycles. The molecule has 2 aromatic carbocycles. The molecule has 1 unspecified atom stereocenters. The van der Waals surface area contributed by atoms with Gasteiger partial charge in [-0.2, -0.15) is 0 Å². The quantitative estimate of drug-likeness (QED) is 0.729. The van der Waals surface area contributed by atoms with E-state index >= 15 is 0 Å². The summed E-state index contributed by atoms with van der Waals surface area (Å²) in [5.74, 6) is -0.0944. The number of ether oxygens (including phenoxy) is 2. The van der Waals surface area contributed by atoms with Gasteiger partial charge in [-0.1, -0.05) is 12.1 Å². The summed E-state index contributed by atoms with van der Waals surface area (Å²) in [7, 11) is 1.49. The van der Waals surface area contributed by atoms with Crippen LogP contribution in [0, 0.1) is 0 Å². The zero-order valence-electron chi connectivity index (χ0n) is 14.3. The molecule has 8 nitrogen and oxygen atoms in total. The molecule has 26 heavy (non-hydrogen) atoms. The van der Waals surface area contributed by atoms with Crippen molar-refractivity contribution in [2.45, 2.75) is 13.0 Å². The second-order valence-corrected chi connectivity index (χ2v) is 5.29. The molecule has 0 radical (unpaired) electrons. The monoisotopic (exact) mass is 357 g/mol. The van der Waals surface area contributed by atoms with Gasteiger partial charge in [0, 0.05) is 5.69 Å². The number of methoxy groups -OCH3 is 1. The summed E-state index contributed by atoms with van der Waals surface area (Å²) in [5.41, 5.74) is 5.84. The highest BCUT2D eigenvalue weighted by Gasteiger charge is 2.16. The lowest BCUT2D eigenvalue weighted by Gasteiger charge is -2.14. The Balaban J connectivity index is 2.00. The number of carbonyl (C=O) groups excluding carboxylic acids is 3. The SMILES string of the molecule is COc1ccccc1C(=O)Nc1ccc(OC(C)C(=O)NC(N)=O)cc1. The van der Waals surface area contributed by atoms with Crippen LogP contribution in [0.5, 0.6) is 11.5 Å².